The van der Waals surface area contributed by atoms with Crippen LogP contribution < -0.4 is 10.6 Å². The van der Waals surface area contributed by atoms with Crippen LogP contribution in [0.3, 0.4) is 0 Å². The molecule has 0 atom stereocenters. The zero-order chi connectivity index (χ0) is 16.2. The number of hydrogen-bond acceptors (Lipinski definition) is 2. The van der Waals surface area contributed by atoms with Crippen molar-refractivity contribution in [2.75, 3.05) is 4.90 Å². The van der Waals surface area contributed by atoms with Gasteiger partial charge in [-0.25, -0.2) is 0 Å². The van der Waals surface area contributed by atoms with Gasteiger partial charge in [0.15, 0.2) is 0 Å². The van der Waals surface area contributed by atoms with E-state index in [0.717, 1.165) is 22.4 Å². The molecule has 0 unspecified atom stereocenters. The molecule has 3 rings (SSSR count). The molecule has 116 valence electrons. The minimum Gasteiger partial charge on any atom is -0.370 e. The van der Waals surface area contributed by atoms with E-state index >= 15 is 0 Å². The molecular formula is C19H18N2O2. The number of carbonyl (C=O) groups excluding carboxylic acids is 2. The lowest BCUT2D eigenvalue weighted by Crippen LogP contribution is -2.32. The first-order valence-electron chi connectivity index (χ1n) is 7.59. The largest absolute Gasteiger partial charge is 0.370 e. The van der Waals surface area contributed by atoms with Crippen LogP contribution in [-0.2, 0) is 16.1 Å². The van der Waals surface area contributed by atoms with Crippen LogP contribution in [0.4, 0.5) is 5.69 Å². The normalized spacial score (nSPS) is 12.8. The van der Waals surface area contributed by atoms with Crippen molar-refractivity contribution in [2.45, 2.75) is 19.4 Å². The first-order valence-corrected chi connectivity index (χ1v) is 7.59. The Morgan fingerprint density at radius 1 is 0.913 bits per heavy atom. The van der Waals surface area contributed by atoms with Gasteiger partial charge in [0.25, 0.3) is 0 Å². The Bertz CT molecular complexity index is 780. The zero-order valence-corrected chi connectivity index (χ0v) is 12.7. The van der Waals surface area contributed by atoms with Gasteiger partial charge < -0.3 is 10.6 Å². The van der Waals surface area contributed by atoms with E-state index in [2.05, 4.69) is 6.08 Å². The van der Waals surface area contributed by atoms with Crippen molar-refractivity contribution >= 4 is 29.7 Å². The summed E-state index contributed by atoms with van der Waals surface area (Å²) < 4.78 is 0. The highest BCUT2D eigenvalue weighted by molar-refractivity contribution is 5.98. The van der Waals surface area contributed by atoms with Crippen molar-refractivity contribution in [1.29, 1.82) is 0 Å². The molecule has 2 aromatic carbocycles. The summed E-state index contributed by atoms with van der Waals surface area (Å²) >= 11 is 0. The summed E-state index contributed by atoms with van der Waals surface area (Å²) in [6, 6.07) is 15.8. The van der Waals surface area contributed by atoms with Crippen LogP contribution in [0.25, 0.3) is 12.2 Å². The molecular weight excluding hydrogens is 288 g/mol. The number of carbonyl (C=O) groups is 2. The summed E-state index contributed by atoms with van der Waals surface area (Å²) in [5.41, 5.74) is 9.18. The second-order valence-corrected chi connectivity index (χ2v) is 5.54. The lowest BCUT2D eigenvalue weighted by atomic mass is 10.0. The quantitative estimate of drug-likeness (QED) is 0.947. The highest BCUT2D eigenvalue weighted by atomic mass is 16.2. The molecule has 1 aliphatic heterocycles. The van der Waals surface area contributed by atoms with E-state index in [1.807, 2.05) is 54.6 Å². The average Bonchev–Trinajstić information content (AvgIpc) is 2.55. The van der Waals surface area contributed by atoms with Gasteiger partial charge in [-0.3, -0.25) is 9.59 Å². The molecule has 2 amide bonds. The third-order valence-electron chi connectivity index (χ3n) is 3.94. The summed E-state index contributed by atoms with van der Waals surface area (Å²) in [4.78, 5) is 25.4. The Balaban J connectivity index is 2.02. The Kier molecular flexibility index (Phi) is 4.24. The first kappa shape index (κ1) is 15.0. The van der Waals surface area contributed by atoms with Gasteiger partial charge in [-0.1, -0.05) is 54.6 Å². The number of nitrogens with zero attached hydrogens (tertiary/aromatic N) is 1. The van der Waals surface area contributed by atoms with Crippen molar-refractivity contribution < 1.29 is 9.59 Å². The summed E-state index contributed by atoms with van der Waals surface area (Å²) in [5.74, 6) is -0.555. The van der Waals surface area contributed by atoms with Gasteiger partial charge >= 0.3 is 0 Å². The minimum absolute atomic E-state index is 0.0645. The maximum absolute atomic E-state index is 12.6. The van der Waals surface area contributed by atoms with Crippen molar-refractivity contribution in [3.05, 3.63) is 65.2 Å². The van der Waals surface area contributed by atoms with E-state index < -0.39 is 5.91 Å². The molecule has 0 aliphatic carbocycles. The summed E-state index contributed by atoms with van der Waals surface area (Å²) in [6.45, 7) is 0.481. The highest BCUT2D eigenvalue weighted by Crippen LogP contribution is 2.29. The van der Waals surface area contributed by atoms with Crippen LogP contribution in [0.5, 0.6) is 0 Å². The van der Waals surface area contributed by atoms with Crippen molar-refractivity contribution in [2.24, 2.45) is 5.73 Å². The van der Waals surface area contributed by atoms with Crippen LogP contribution in [-0.4, -0.2) is 11.8 Å². The molecule has 4 nitrogen and oxygen atoms in total. The summed E-state index contributed by atoms with van der Waals surface area (Å²) in [6.07, 6.45) is 4.27. The number of amides is 2. The van der Waals surface area contributed by atoms with Crippen LogP contribution in [0, 0.1) is 0 Å². The summed E-state index contributed by atoms with van der Waals surface area (Å²) in [7, 11) is 0. The standard InChI is InChI=1S/C19H18N2O2/c20-18(22)11-12-19(23)21-13-16-7-2-1-5-14(16)9-10-15-6-3-4-8-17(15)21/h1-10H,11-13H2,(H2,20,22). The van der Waals surface area contributed by atoms with Crippen LogP contribution in [0.1, 0.15) is 29.5 Å². The second-order valence-electron chi connectivity index (χ2n) is 5.54. The lowest BCUT2D eigenvalue weighted by Gasteiger charge is -2.27. The molecule has 0 saturated carbocycles. The second kappa shape index (κ2) is 6.48. The van der Waals surface area contributed by atoms with Crippen LogP contribution >= 0.6 is 0 Å². The molecule has 0 fully saturated rings. The van der Waals surface area contributed by atoms with Gasteiger partial charge in [0.05, 0.1) is 12.2 Å². The van der Waals surface area contributed by atoms with Gasteiger partial charge in [-0.05, 0) is 22.8 Å². The fourth-order valence-corrected chi connectivity index (χ4v) is 2.74. The fourth-order valence-electron chi connectivity index (χ4n) is 2.74. The molecule has 0 saturated heterocycles. The maximum atomic E-state index is 12.6. The number of rotatable bonds is 3. The third kappa shape index (κ3) is 3.31. The summed E-state index contributed by atoms with van der Waals surface area (Å²) in [5, 5.41) is 0. The molecule has 0 aromatic heterocycles. The fraction of sp³-hybridized carbons (Fsp3) is 0.158. The number of benzene rings is 2. The first-order chi connectivity index (χ1) is 11.1. The van der Waals surface area contributed by atoms with E-state index in [0.29, 0.717) is 6.54 Å². The molecule has 2 aromatic rings. The number of primary amides is 1. The minimum atomic E-state index is -0.459. The van der Waals surface area contributed by atoms with Gasteiger partial charge in [0.2, 0.25) is 11.8 Å². The van der Waals surface area contributed by atoms with E-state index in [4.69, 9.17) is 5.73 Å². The van der Waals surface area contributed by atoms with E-state index in [1.165, 1.54) is 0 Å². The lowest BCUT2D eigenvalue weighted by molar-refractivity contribution is -0.123. The highest BCUT2D eigenvalue weighted by Gasteiger charge is 2.20. The predicted octanol–water partition coefficient (Wildman–Crippen LogP) is 2.97. The van der Waals surface area contributed by atoms with E-state index in [-0.39, 0.29) is 18.7 Å². The molecule has 1 heterocycles. The van der Waals surface area contributed by atoms with Crippen LogP contribution in [0.2, 0.25) is 0 Å². The van der Waals surface area contributed by atoms with E-state index in [9.17, 15) is 9.59 Å². The SMILES string of the molecule is NC(=O)CCC(=O)N1Cc2ccccc2C=Cc2ccccc21. The molecule has 2 N–H and O–H groups in total. The zero-order valence-electron chi connectivity index (χ0n) is 12.7. The topological polar surface area (TPSA) is 63.4 Å². The van der Waals surface area contributed by atoms with Crippen molar-refractivity contribution in [3.8, 4) is 0 Å². The number of fused-ring (bicyclic) bond motifs is 2. The molecule has 1 aliphatic rings. The van der Waals surface area contributed by atoms with Gasteiger partial charge in [0.1, 0.15) is 0 Å². The monoisotopic (exact) mass is 306 g/mol. The molecule has 4 heteroatoms. The van der Waals surface area contributed by atoms with Crippen molar-refractivity contribution in [1.82, 2.24) is 0 Å². The van der Waals surface area contributed by atoms with Crippen LogP contribution in [0.15, 0.2) is 48.5 Å². The Hall–Kier alpha value is -2.88. The van der Waals surface area contributed by atoms with Gasteiger partial charge in [-0.15, -0.1) is 0 Å². The third-order valence-corrected chi connectivity index (χ3v) is 3.94. The van der Waals surface area contributed by atoms with E-state index in [1.54, 1.807) is 4.90 Å². The Morgan fingerprint density at radius 3 is 2.35 bits per heavy atom. The predicted molar refractivity (Wildman–Crippen MR) is 91.4 cm³/mol. The molecule has 23 heavy (non-hydrogen) atoms. The Morgan fingerprint density at radius 2 is 1.57 bits per heavy atom. The molecule has 0 radical (unpaired) electrons. The average molecular weight is 306 g/mol. The van der Waals surface area contributed by atoms with Gasteiger partial charge in [0, 0.05) is 12.8 Å². The maximum Gasteiger partial charge on any atom is 0.227 e. The smallest absolute Gasteiger partial charge is 0.227 e. The molecule has 0 bridgehead atoms. The van der Waals surface area contributed by atoms with Crippen molar-refractivity contribution in [3.63, 3.8) is 0 Å². The number of para-hydroxylation sites is 1. The number of hydrogen-bond donors (Lipinski definition) is 1. The van der Waals surface area contributed by atoms with Gasteiger partial charge in [-0.2, -0.15) is 0 Å². The number of nitrogens with two attached hydrogens (primary N) is 1. The molecule has 0 spiro atoms. The number of anilines is 1. The Labute approximate surface area is 135 Å².